The lowest BCUT2D eigenvalue weighted by Crippen LogP contribution is -2.39. The summed E-state index contributed by atoms with van der Waals surface area (Å²) in [5.74, 6) is -1.20. The normalized spacial score (nSPS) is 25.4. The minimum Gasteiger partial charge on any atom is -0.479 e. The molecule has 0 aromatic carbocycles. The maximum atomic E-state index is 11.6. The van der Waals surface area contributed by atoms with Crippen molar-refractivity contribution in [2.75, 3.05) is 6.54 Å². The highest BCUT2D eigenvalue weighted by atomic mass is 16.5. The number of nitrogens with one attached hydrogen (secondary N) is 1. The van der Waals surface area contributed by atoms with Gasteiger partial charge < -0.3 is 15.2 Å². The molecular weight excluding hydrogens is 210 g/mol. The van der Waals surface area contributed by atoms with Crippen LogP contribution in [0.3, 0.4) is 0 Å². The minimum absolute atomic E-state index is 0.0143. The molecule has 0 saturated carbocycles. The van der Waals surface area contributed by atoms with Crippen molar-refractivity contribution in [3.63, 3.8) is 0 Å². The van der Waals surface area contributed by atoms with Crippen molar-refractivity contribution in [1.29, 1.82) is 0 Å². The van der Waals surface area contributed by atoms with Gasteiger partial charge in [0.25, 0.3) is 0 Å². The average Bonchev–Trinajstić information content (AvgIpc) is 2.61. The van der Waals surface area contributed by atoms with Crippen molar-refractivity contribution in [3.8, 4) is 0 Å². The summed E-state index contributed by atoms with van der Waals surface area (Å²) in [7, 11) is 0. The zero-order valence-electron chi connectivity index (χ0n) is 9.95. The van der Waals surface area contributed by atoms with Crippen molar-refractivity contribution in [1.82, 2.24) is 5.32 Å². The SMILES string of the molecule is CC(C)(C)CNC(=O)[C@@H]1CC[C@H](C(=O)O)O1. The number of carbonyl (C=O) groups excluding carboxylic acids is 1. The molecule has 0 aromatic rings. The third kappa shape index (κ3) is 3.81. The van der Waals surface area contributed by atoms with E-state index >= 15 is 0 Å². The highest BCUT2D eigenvalue weighted by Gasteiger charge is 2.34. The summed E-state index contributed by atoms with van der Waals surface area (Å²) < 4.78 is 5.14. The van der Waals surface area contributed by atoms with Crippen molar-refractivity contribution < 1.29 is 19.4 Å². The lowest BCUT2D eigenvalue weighted by atomic mass is 9.97. The Morgan fingerprint density at radius 1 is 1.31 bits per heavy atom. The smallest absolute Gasteiger partial charge is 0.332 e. The molecule has 0 radical (unpaired) electrons. The van der Waals surface area contributed by atoms with Gasteiger partial charge in [-0.1, -0.05) is 20.8 Å². The van der Waals surface area contributed by atoms with Crippen LogP contribution in [0.4, 0.5) is 0 Å². The van der Waals surface area contributed by atoms with Crippen LogP contribution in [0.2, 0.25) is 0 Å². The lowest BCUT2D eigenvalue weighted by molar-refractivity contribution is -0.151. The summed E-state index contributed by atoms with van der Waals surface area (Å²) in [5, 5.41) is 11.5. The van der Waals surface area contributed by atoms with E-state index in [9.17, 15) is 9.59 Å². The van der Waals surface area contributed by atoms with Crippen molar-refractivity contribution in [2.45, 2.75) is 45.8 Å². The Labute approximate surface area is 95.2 Å². The molecule has 0 spiro atoms. The largest absolute Gasteiger partial charge is 0.479 e. The van der Waals surface area contributed by atoms with E-state index in [1.54, 1.807) is 0 Å². The number of carboxylic acids is 1. The van der Waals surface area contributed by atoms with E-state index in [1.807, 2.05) is 20.8 Å². The quantitative estimate of drug-likeness (QED) is 0.750. The molecule has 1 heterocycles. The zero-order chi connectivity index (χ0) is 12.3. The van der Waals surface area contributed by atoms with Crippen LogP contribution in [0.5, 0.6) is 0 Å². The summed E-state index contributed by atoms with van der Waals surface area (Å²) in [4.78, 5) is 22.3. The molecule has 5 nitrogen and oxygen atoms in total. The molecule has 1 rings (SSSR count). The highest BCUT2D eigenvalue weighted by molar-refractivity contribution is 5.82. The first kappa shape index (κ1) is 13.0. The van der Waals surface area contributed by atoms with Gasteiger partial charge in [-0.05, 0) is 18.3 Å². The molecule has 2 N–H and O–H groups in total. The van der Waals surface area contributed by atoms with Gasteiger partial charge in [-0.2, -0.15) is 0 Å². The number of hydrogen-bond donors (Lipinski definition) is 2. The first-order valence-electron chi connectivity index (χ1n) is 5.45. The van der Waals surface area contributed by atoms with E-state index in [-0.39, 0.29) is 11.3 Å². The number of rotatable bonds is 3. The molecule has 0 aliphatic carbocycles. The van der Waals surface area contributed by atoms with E-state index in [1.165, 1.54) is 0 Å². The Morgan fingerprint density at radius 2 is 1.88 bits per heavy atom. The third-order valence-corrected chi connectivity index (χ3v) is 2.38. The first-order chi connectivity index (χ1) is 7.29. The van der Waals surface area contributed by atoms with Crippen LogP contribution in [0.15, 0.2) is 0 Å². The molecule has 0 unspecified atom stereocenters. The van der Waals surface area contributed by atoms with E-state index in [0.29, 0.717) is 19.4 Å². The molecule has 1 saturated heterocycles. The van der Waals surface area contributed by atoms with Crippen molar-refractivity contribution >= 4 is 11.9 Å². The van der Waals surface area contributed by atoms with Gasteiger partial charge in [0.1, 0.15) is 6.10 Å². The first-order valence-corrected chi connectivity index (χ1v) is 5.45. The molecule has 1 amide bonds. The summed E-state index contributed by atoms with van der Waals surface area (Å²) in [6, 6.07) is 0. The third-order valence-electron chi connectivity index (χ3n) is 2.38. The Balaban J connectivity index is 2.37. The van der Waals surface area contributed by atoms with E-state index in [2.05, 4.69) is 5.32 Å². The van der Waals surface area contributed by atoms with Gasteiger partial charge in [0.2, 0.25) is 5.91 Å². The van der Waals surface area contributed by atoms with E-state index in [0.717, 1.165) is 0 Å². The Kier molecular flexibility index (Phi) is 3.91. The molecule has 0 aromatic heterocycles. The van der Waals surface area contributed by atoms with Gasteiger partial charge in [0.05, 0.1) is 0 Å². The monoisotopic (exact) mass is 229 g/mol. The van der Waals surface area contributed by atoms with Crippen LogP contribution in [0, 0.1) is 5.41 Å². The average molecular weight is 229 g/mol. The summed E-state index contributed by atoms with van der Waals surface area (Å²) in [6.07, 6.45) is -0.551. The number of hydrogen-bond acceptors (Lipinski definition) is 3. The second-order valence-electron chi connectivity index (χ2n) is 5.31. The topological polar surface area (TPSA) is 75.6 Å². The predicted molar refractivity (Wildman–Crippen MR) is 58.0 cm³/mol. The second kappa shape index (κ2) is 4.82. The summed E-state index contributed by atoms with van der Waals surface area (Å²) >= 11 is 0. The fourth-order valence-corrected chi connectivity index (χ4v) is 1.48. The van der Waals surface area contributed by atoms with Crippen LogP contribution < -0.4 is 5.32 Å². The van der Waals surface area contributed by atoms with Gasteiger partial charge >= 0.3 is 5.97 Å². The molecule has 16 heavy (non-hydrogen) atoms. The second-order valence-corrected chi connectivity index (χ2v) is 5.31. The molecule has 0 bridgehead atoms. The molecule has 1 fully saturated rings. The van der Waals surface area contributed by atoms with Gasteiger partial charge in [0.15, 0.2) is 6.10 Å². The highest BCUT2D eigenvalue weighted by Crippen LogP contribution is 2.20. The minimum atomic E-state index is -0.994. The Bertz CT molecular complexity index is 282. The molecule has 1 aliphatic rings. The lowest BCUT2D eigenvalue weighted by Gasteiger charge is -2.20. The number of aliphatic carboxylic acids is 1. The fourth-order valence-electron chi connectivity index (χ4n) is 1.48. The van der Waals surface area contributed by atoms with Crippen molar-refractivity contribution in [3.05, 3.63) is 0 Å². The van der Waals surface area contributed by atoms with Gasteiger partial charge in [-0.3, -0.25) is 4.79 Å². The predicted octanol–water partition coefficient (Wildman–Crippen LogP) is 0.781. The maximum Gasteiger partial charge on any atom is 0.332 e. The van der Waals surface area contributed by atoms with Crippen LogP contribution >= 0.6 is 0 Å². The summed E-state index contributed by atoms with van der Waals surface area (Å²) in [5.41, 5.74) is 0.0143. The van der Waals surface area contributed by atoms with Crippen molar-refractivity contribution in [2.24, 2.45) is 5.41 Å². The number of carboxylic acid groups (broad SMARTS) is 1. The zero-order valence-corrected chi connectivity index (χ0v) is 9.95. The van der Waals surface area contributed by atoms with Gasteiger partial charge in [-0.25, -0.2) is 4.79 Å². The molecule has 5 heteroatoms. The number of carbonyl (C=O) groups is 2. The van der Waals surface area contributed by atoms with E-state index < -0.39 is 18.2 Å². The molecule has 1 aliphatic heterocycles. The fraction of sp³-hybridized carbons (Fsp3) is 0.818. The van der Waals surface area contributed by atoms with Crippen LogP contribution in [-0.4, -0.2) is 35.7 Å². The van der Waals surface area contributed by atoms with Crippen LogP contribution in [0.1, 0.15) is 33.6 Å². The standard InChI is InChI=1S/C11H19NO4/c1-11(2,3)6-12-9(13)7-4-5-8(16-7)10(14)15/h7-8H,4-6H2,1-3H3,(H,12,13)(H,14,15)/t7-,8+/m0/s1. The molecule has 2 atom stereocenters. The summed E-state index contributed by atoms with van der Waals surface area (Å²) in [6.45, 7) is 6.61. The maximum absolute atomic E-state index is 11.6. The number of ether oxygens (including phenoxy) is 1. The van der Waals surface area contributed by atoms with Crippen LogP contribution in [0.25, 0.3) is 0 Å². The van der Waals surface area contributed by atoms with Gasteiger partial charge in [0, 0.05) is 6.54 Å². The Hall–Kier alpha value is -1.10. The van der Waals surface area contributed by atoms with Crippen LogP contribution in [-0.2, 0) is 14.3 Å². The molecule has 92 valence electrons. The van der Waals surface area contributed by atoms with E-state index in [4.69, 9.17) is 9.84 Å². The van der Waals surface area contributed by atoms with Gasteiger partial charge in [-0.15, -0.1) is 0 Å². The number of amides is 1. The molecular formula is C11H19NO4. The Morgan fingerprint density at radius 3 is 2.31 bits per heavy atom.